The molecule has 0 rings (SSSR count). The third-order valence-electron chi connectivity index (χ3n) is 2.98. The van der Waals surface area contributed by atoms with Gasteiger partial charge < -0.3 is 4.74 Å². The molecular weight excluding hydrogens is 236 g/mol. The van der Waals surface area contributed by atoms with E-state index in [9.17, 15) is 4.79 Å². The average molecular weight is 266 g/mol. The first-order chi connectivity index (χ1) is 9.20. The lowest BCUT2D eigenvalue weighted by Gasteiger charge is -2.15. The van der Waals surface area contributed by atoms with E-state index in [1.54, 1.807) is 0 Å². The molecule has 0 aromatic heterocycles. The highest BCUT2D eigenvalue weighted by atomic mass is 16.5. The Labute approximate surface area is 118 Å². The molecule has 0 aromatic carbocycles. The predicted octanol–water partition coefficient (Wildman–Crippen LogP) is 5.19. The monoisotopic (exact) mass is 266 g/mol. The second-order valence-corrected chi connectivity index (χ2v) is 4.95. The van der Waals surface area contributed by atoms with Crippen LogP contribution in [0, 0.1) is 0 Å². The zero-order chi connectivity index (χ0) is 14.3. The van der Waals surface area contributed by atoms with Crippen molar-refractivity contribution in [2.24, 2.45) is 0 Å². The number of esters is 1. The fourth-order valence-corrected chi connectivity index (χ4v) is 1.88. The molecule has 0 fully saturated rings. The minimum atomic E-state index is -0.162. The van der Waals surface area contributed by atoms with Gasteiger partial charge in [0.15, 0.2) is 0 Å². The van der Waals surface area contributed by atoms with Crippen LogP contribution in [0.15, 0.2) is 24.3 Å². The molecule has 0 amide bonds. The van der Waals surface area contributed by atoms with Crippen LogP contribution in [0.25, 0.3) is 0 Å². The SMILES string of the molecule is CCCCC=CC=CCCC(CCCC)OC(C)=O. The largest absolute Gasteiger partial charge is 0.463 e. The highest BCUT2D eigenvalue weighted by Gasteiger charge is 2.09. The van der Waals surface area contributed by atoms with Crippen LogP contribution in [-0.2, 0) is 9.53 Å². The third kappa shape index (κ3) is 13.2. The van der Waals surface area contributed by atoms with Gasteiger partial charge in [0.2, 0.25) is 0 Å². The molecule has 2 nitrogen and oxygen atoms in total. The second-order valence-electron chi connectivity index (χ2n) is 4.95. The van der Waals surface area contributed by atoms with Crippen molar-refractivity contribution in [1.82, 2.24) is 0 Å². The number of hydrogen-bond donors (Lipinski definition) is 0. The van der Waals surface area contributed by atoms with Gasteiger partial charge in [0.25, 0.3) is 0 Å². The van der Waals surface area contributed by atoms with Crippen molar-refractivity contribution >= 4 is 5.97 Å². The molecule has 0 radical (unpaired) electrons. The molecule has 0 spiro atoms. The van der Waals surface area contributed by atoms with Gasteiger partial charge in [-0.05, 0) is 25.7 Å². The van der Waals surface area contributed by atoms with Gasteiger partial charge >= 0.3 is 5.97 Å². The lowest BCUT2D eigenvalue weighted by Crippen LogP contribution is -2.15. The van der Waals surface area contributed by atoms with Gasteiger partial charge in [-0.2, -0.15) is 0 Å². The van der Waals surface area contributed by atoms with Gasteiger partial charge in [-0.1, -0.05) is 63.8 Å². The molecule has 0 bridgehead atoms. The van der Waals surface area contributed by atoms with E-state index in [0.29, 0.717) is 0 Å². The zero-order valence-electron chi connectivity index (χ0n) is 12.9. The highest BCUT2D eigenvalue weighted by molar-refractivity contribution is 5.66. The van der Waals surface area contributed by atoms with E-state index in [1.807, 2.05) is 0 Å². The van der Waals surface area contributed by atoms with E-state index in [2.05, 4.69) is 38.2 Å². The summed E-state index contributed by atoms with van der Waals surface area (Å²) in [5.41, 5.74) is 0. The van der Waals surface area contributed by atoms with E-state index in [0.717, 1.165) is 38.5 Å². The molecule has 1 atom stereocenters. The van der Waals surface area contributed by atoms with Crippen molar-refractivity contribution in [3.05, 3.63) is 24.3 Å². The normalized spacial score (nSPS) is 13.2. The zero-order valence-corrected chi connectivity index (χ0v) is 12.9. The van der Waals surface area contributed by atoms with E-state index < -0.39 is 0 Å². The Kier molecular flexibility index (Phi) is 12.6. The topological polar surface area (TPSA) is 26.3 Å². The Morgan fingerprint density at radius 1 is 1.00 bits per heavy atom. The van der Waals surface area contributed by atoms with Crippen LogP contribution in [0.3, 0.4) is 0 Å². The van der Waals surface area contributed by atoms with Crippen molar-refractivity contribution in [3.8, 4) is 0 Å². The average Bonchev–Trinajstić information content (AvgIpc) is 2.38. The lowest BCUT2D eigenvalue weighted by molar-refractivity contribution is -0.146. The maximum absolute atomic E-state index is 11.0. The molecule has 0 aromatic rings. The number of rotatable bonds is 11. The van der Waals surface area contributed by atoms with Crippen molar-refractivity contribution in [2.45, 2.75) is 78.2 Å². The molecule has 0 heterocycles. The first-order valence-electron chi connectivity index (χ1n) is 7.69. The van der Waals surface area contributed by atoms with Gasteiger partial charge in [-0.3, -0.25) is 4.79 Å². The predicted molar refractivity (Wildman–Crippen MR) is 82.1 cm³/mol. The maximum Gasteiger partial charge on any atom is 0.302 e. The smallest absolute Gasteiger partial charge is 0.302 e. The van der Waals surface area contributed by atoms with Gasteiger partial charge in [0.05, 0.1) is 0 Å². The van der Waals surface area contributed by atoms with Crippen LogP contribution < -0.4 is 0 Å². The second kappa shape index (κ2) is 13.4. The fraction of sp³-hybridized carbons (Fsp3) is 0.706. The Morgan fingerprint density at radius 3 is 2.21 bits per heavy atom. The van der Waals surface area contributed by atoms with Crippen molar-refractivity contribution in [3.63, 3.8) is 0 Å². The standard InChI is InChI=1S/C17H30O2/c1-4-6-8-9-10-11-12-13-15-17(14-7-5-2)19-16(3)18/h9-12,17H,4-8,13-15H2,1-3H3. The van der Waals surface area contributed by atoms with Crippen molar-refractivity contribution in [2.75, 3.05) is 0 Å². The molecular formula is C17H30O2. The molecule has 0 aliphatic rings. The van der Waals surface area contributed by atoms with Crippen LogP contribution in [0.4, 0.5) is 0 Å². The first kappa shape index (κ1) is 17.9. The number of hydrogen-bond acceptors (Lipinski definition) is 2. The first-order valence-corrected chi connectivity index (χ1v) is 7.69. The van der Waals surface area contributed by atoms with Gasteiger partial charge in [0.1, 0.15) is 6.10 Å². The molecule has 0 saturated heterocycles. The summed E-state index contributed by atoms with van der Waals surface area (Å²) in [4.78, 5) is 11.0. The van der Waals surface area contributed by atoms with Crippen molar-refractivity contribution < 1.29 is 9.53 Å². The Balaban J connectivity index is 3.80. The number of ether oxygens (including phenoxy) is 1. The number of unbranched alkanes of at least 4 members (excludes halogenated alkanes) is 3. The molecule has 110 valence electrons. The highest BCUT2D eigenvalue weighted by Crippen LogP contribution is 2.12. The minimum Gasteiger partial charge on any atom is -0.463 e. The Bertz CT molecular complexity index is 266. The number of carbonyl (C=O) groups is 1. The maximum atomic E-state index is 11.0. The molecule has 1 unspecified atom stereocenters. The van der Waals surface area contributed by atoms with E-state index >= 15 is 0 Å². The summed E-state index contributed by atoms with van der Waals surface area (Å²) in [6.07, 6.45) is 17.5. The number of allylic oxidation sites excluding steroid dienone is 4. The summed E-state index contributed by atoms with van der Waals surface area (Å²) in [7, 11) is 0. The Hall–Kier alpha value is -1.05. The molecule has 19 heavy (non-hydrogen) atoms. The number of carbonyl (C=O) groups excluding carboxylic acids is 1. The molecule has 0 N–H and O–H groups in total. The van der Waals surface area contributed by atoms with Gasteiger partial charge in [0, 0.05) is 6.92 Å². The van der Waals surface area contributed by atoms with Crippen LogP contribution in [-0.4, -0.2) is 12.1 Å². The molecule has 0 aliphatic carbocycles. The summed E-state index contributed by atoms with van der Waals surface area (Å²) < 4.78 is 5.32. The van der Waals surface area contributed by atoms with Crippen molar-refractivity contribution in [1.29, 1.82) is 0 Å². The third-order valence-corrected chi connectivity index (χ3v) is 2.98. The summed E-state index contributed by atoms with van der Waals surface area (Å²) in [5, 5.41) is 0. The van der Waals surface area contributed by atoms with Crippen LogP contribution in [0.2, 0.25) is 0 Å². The van der Waals surface area contributed by atoms with E-state index in [1.165, 1.54) is 19.8 Å². The summed E-state index contributed by atoms with van der Waals surface area (Å²) in [6, 6.07) is 0. The summed E-state index contributed by atoms with van der Waals surface area (Å²) >= 11 is 0. The molecule has 2 heteroatoms. The molecule has 0 saturated carbocycles. The fourth-order valence-electron chi connectivity index (χ4n) is 1.88. The van der Waals surface area contributed by atoms with Gasteiger partial charge in [-0.25, -0.2) is 0 Å². The summed E-state index contributed by atoms with van der Waals surface area (Å²) in [6.45, 7) is 5.85. The lowest BCUT2D eigenvalue weighted by atomic mass is 10.1. The van der Waals surface area contributed by atoms with Crippen LogP contribution >= 0.6 is 0 Å². The van der Waals surface area contributed by atoms with Crippen LogP contribution in [0.5, 0.6) is 0 Å². The van der Waals surface area contributed by atoms with E-state index in [4.69, 9.17) is 4.74 Å². The minimum absolute atomic E-state index is 0.0890. The Morgan fingerprint density at radius 2 is 1.63 bits per heavy atom. The molecule has 0 aliphatic heterocycles. The van der Waals surface area contributed by atoms with E-state index in [-0.39, 0.29) is 12.1 Å². The quantitative estimate of drug-likeness (QED) is 0.292. The van der Waals surface area contributed by atoms with Crippen LogP contribution in [0.1, 0.15) is 72.1 Å². The van der Waals surface area contributed by atoms with Gasteiger partial charge in [-0.15, -0.1) is 0 Å². The summed E-state index contributed by atoms with van der Waals surface area (Å²) in [5.74, 6) is -0.162.